The Morgan fingerprint density at radius 2 is 1.83 bits per heavy atom. The third-order valence-electron chi connectivity index (χ3n) is 3.85. The number of hydrazone groups is 1. The third-order valence-corrected chi connectivity index (χ3v) is 3.85. The molecule has 2 aromatic rings. The van der Waals surface area contributed by atoms with E-state index in [0.29, 0.717) is 17.2 Å². The number of hydrogen-bond acceptors (Lipinski definition) is 7. The summed E-state index contributed by atoms with van der Waals surface area (Å²) in [5, 5.41) is 3.94. The predicted molar refractivity (Wildman–Crippen MR) is 110 cm³/mol. The van der Waals surface area contributed by atoms with Crippen LogP contribution in [0.2, 0.25) is 0 Å². The van der Waals surface area contributed by atoms with Gasteiger partial charge in [-0.05, 0) is 62.7 Å². The Kier molecular flexibility index (Phi) is 6.56. The fourth-order valence-electron chi connectivity index (χ4n) is 2.55. The van der Waals surface area contributed by atoms with Crippen LogP contribution < -0.4 is 19.6 Å². The van der Waals surface area contributed by atoms with Crippen LogP contribution in [0.15, 0.2) is 53.6 Å². The van der Waals surface area contributed by atoms with Crippen molar-refractivity contribution in [2.24, 2.45) is 5.10 Å². The Morgan fingerprint density at radius 1 is 1.13 bits per heavy atom. The number of nitrogens with zero attached hydrogens (tertiary/aromatic N) is 1. The van der Waals surface area contributed by atoms with Crippen LogP contribution in [0.25, 0.3) is 0 Å². The number of amides is 1. The summed E-state index contributed by atoms with van der Waals surface area (Å²) in [6.45, 7) is 5.33. The van der Waals surface area contributed by atoms with E-state index in [-0.39, 0.29) is 13.2 Å². The van der Waals surface area contributed by atoms with Crippen LogP contribution in [0.4, 0.5) is 0 Å². The molecule has 1 aliphatic rings. The summed E-state index contributed by atoms with van der Waals surface area (Å²) in [5.41, 5.74) is 2.63. The van der Waals surface area contributed by atoms with Gasteiger partial charge in [-0.1, -0.05) is 12.1 Å². The van der Waals surface area contributed by atoms with Crippen LogP contribution in [0, 0.1) is 0 Å². The van der Waals surface area contributed by atoms with Crippen molar-refractivity contribution >= 4 is 18.1 Å². The molecule has 0 aliphatic carbocycles. The predicted octanol–water partition coefficient (Wildman–Crippen LogP) is 2.70. The van der Waals surface area contributed by atoms with Crippen molar-refractivity contribution in [1.82, 2.24) is 5.43 Å². The number of rotatable bonds is 6. The molecule has 0 fully saturated rings. The van der Waals surface area contributed by atoms with Gasteiger partial charge in [-0.2, -0.15) is 5.10 Å². The molecular formula is C22H24N2O6. The zero-order valence-corrected chi connectivity index (χ0v) is 17.1. The molecule has 1 heterocycles. The summed E-state index contributed by atoms with van der Waals surface area (Å²) >= 11 is 0. The summed E-state index contributed by atoms with van der Waals surface area (Å²) in [6.07, 6.45) is 0.716. The summed E-state index contributed by atoms with van der Waals surface area (Å²) < 4.78 is 21.7. The van der Waals surface area contributed by atoms with E-state index in [1.165, 1.54) is 6.21 Å². The SMILES string of the molecule is CC(C)(C)OC(=O)COc1ccc(/C=N\NC(=O)[C@@H]2COc3ccccc3O2)cc1. The molecule has 8 heteroatoms. The molecule has 0 saturated heterocycles. The average molecular weight is 412 g/mol. The summed E-state index contributed by atoms with van der Waals surface area (Å²) in [6, 6.07) is 14.0. The molecule has 2 aromatic carbocycles. The number of nitrogens with one attached hydrogen (secondary N) is 1. The number of fused-ring (bicyclic) bond motifs is 1. The lowest BCUT2D eigenvalue weighted by molar-refractivity contribution is -0.157. The monoisotopic (exact) mass is 412 g/mol. The van der Waals surface area contributed by atoms with Crippen LogP contribution >= 0.6 is 0 Å². The molecule has 0 bridgehead atoms. The van der Waals surface area contributed by atoms with E-state index in [4.69, 9.17) is 18.9 Å². The maximum absolute atomic E-state index is 12.2. The largest absolute Gasteiger partial charge is 0.485 e. The average Bonchev–Trinajstić information content (AvgIpc) is 2.71. The molecule has 158 valence electrons. The topological polar surface area (TPSA) is 95.5 Å². The standard InChI is InChI=1S/C22H24N2O6/c1-22(2,3)30-20(25)14-27-16-10-8-15(9-11-16)12-23-24-21(26)19-13-28-17-6-4-5-7-18(17)29-19/h4-12,19H,13-14H2,1-3H3,(H,24,26)/b23-12-/t19-/m0/s1. The highest BCUT2D eigenvalue weighted by atomic mass is 16.6. The van der Waals surface area contributed by atoms with E-state index in [2.05, 4.69) is 10.5 Å². The first-order valence-electron chi connectivity index (χ1n) is 9.46. The van der Waals surface area contributed by atoms with Gasteiger partial charge >= 0.3 is 5.97 Å². The molecule has 1 aliphatic heterocycles. The Morgan fingerprint density at radius 3 is 2.53 bits per heavy atom. The van der Waals surface area contributed by atoms with Crippen LogP contribution in [0.5, 0.6) is 17.2 Å². The van der Waals surface area contributed by atoms with Crippen LogP contribution in [0.3, 0.4) is 0 Å². The van der Waals surface area contributed by atoms with E-state index < -0.39 is 23.6 Å². The number of hydrogen-bond donors (Lipinski definition) is 1. The Balaban J connectivity index is 1.45. The first-order valence-corrected chi connectivity index (χ1v) is 9.46. The number of carbonyl (C=O) groups is 2. The van der Waals surface area contributed by atoms with Crippen molar-refractivity contribution in [3.05, 3.63) is 54.1 Å². The Bertz CT molecular complexity index is 918. The third kappa shape index (κ3) is 6.23. The lowest BCUT2D eigenvalue weighted by Crippen LogP contribution is -2.42. The minimum absolute atomic E-state index is 0.113. The second-order valence-electron chi connectivity index (χ2n) is 7.54. The van der Waals surface area contributed by atoms with Crippen LogP contribution in [-0.2, 0) is 14.3 Å². The zero-order chi connectivity index (χ0) is 21.6. The normalized spacial score (nSPS) is 15.5. The zero-order valence-electron chi connectivity index (χ0n) is 17.1. The molecule has 0 radical (unpaired) electrons. The summed E-state index contributed by atoms with van der Waals surface area (Å²) in [4.78, 5) is 23.9. The highest BCUT2D eigenvalue weighted by Gasteiger charge is 2.27. The fraction of sp³-hybridized carbons (Fsp3) is 0.318. The van der Waals surface area contributed by atoms with Gasteiger partial charge in [-0.15, -0.1) is 0 Å². The van der Waals surface area contributed by atoms with Crippen molar-refractivity contribution < 1.29 is 28.5 Å². The molecule has 3 rings (SSSR count). The molecule has 0 unspecified atom stereocenters. The number of carbonyl (C=O) groups excluding carboxylic acids is 2. The fourth-order valence-corrected chi connectivity index (χ4v) is 2.55. The first-order chi connectivity index (χ1) is 14.3. The van der Waals surface area contributed by atoms with E-state index in [1.54, 1.807) is 57.2 Å². The van der Waals surface area contributed by atoms with Crippen LogP contribution in [-0.4, -0.2) is 43.0 Å². The second-order valence-corrected chi connectivity index (χ2v) is 7.54. The van der Waals surface area contributed by atoms with Gasteiger partial charge in [-0.3, -0.25) is 4.79 Å². The molecule has 1 atom stereocenters. The maximum atomic E-state index is 12.2. The molecule has 1 amide bonds. The maximum Gasteiger partial charge on any atom is 0.344 e. The minimum atomic E-state index is -0.777. The van der Waals surface area contributed by atoms with Gasteiger partial charge in [0.05, 0.1) is 6.21 Å². The van der Waals surface area contributed by atoms with Gasteiger partial charge in [-0.25, -0.2) is 10.2 Å². The van der Waals surface area contributed by atoms with Crippen molar-refractivity contribution in [2.45, 2.75) is 32.5 Å². The Labute approximate surface area is 174 Å². The Hall–Kier alpha value is -3.55. The quantitative estimate of drug-likeness (QED) is 0.445. The number of benzene rings is 2. The lowest BCUT2D eigenvalue weighted by atomic mass is 10.2. The van der Waals surface area contributed by atoms with Crippen molar-refractivity contribution in [1.29, 1.82) is 0 Å². The van der Waals surface area contributed by atoms with Crippen molar-refractivity contribution in [3.63, 3.8) is 0 Å². The van der Waals surface area contributed by atoms with E-state index >= 15 is 0 Å². The highest BCUT2D eigenvalue weighted by Crippen LogP contribution is 2.30. The lowest BCUT2D eigenvalue weighted by Gasteiger charge is -2.24. The van der Waals surface area contributed by atoms with Gasteiger partial charge in [0.1, 0.15) is 18.0 Å². The first kappa shape index (κ1) is 21.2. The molecular weight excluding hydrogens is 388 g/mol. The van der Waals surface area contributed by atoms with E-state index in [1.807, 2.05) is 12.1 Å². The van der Waals surface area contributed by atoms with Gasteiger partial charge in [0.2, 0.25) is 6.10 Å². The minimum Gasteiger partial charge on any atom is -0.485 e. The molecule has 1 N–H and O–H groups in total. The number of para-hydroxylation sites is 2. The van der Waals surface area contributed by atoms with E-state index in [0.717, 1.165) is 5.56 Å². The van der Waals surface area contributed by atoms with Gasteiger partial charge in [0.15, 0.2) is 18.1 Å². The van der Waals surface area contributed by atoms with Crippen molar-refractivity contribution in [2.75, 3.05) is 13.2 Å². The van der Waals surface area contributed by atoms with Gasteiger partial charge < -0.3 is 18.9 Å². The molecule has 0 saturated carbocycles. The van der Waals surface area contributed by atoms with E-state index in [9.17, 15) is 9.59 Å². The summed E-state index contributed by atoms with van der Waals surface area (Å²) in [7, 11) is 0. The number of esters is 1. The number of ether oxygens (including phenoxy) is 4. The molecule has 30 heavy (non-hydrogen) atoms. The van der Waals surface area contributed by atoms with Crippen LogP contribution in [0.1, 0.15) is 26.3 Å². The summed E-state index contributed by atoms with van der Waals surface area (Å²) in [5.74, 6) is 0.813. The van der Waals surface area contributed by atoms with Gasteiger partial charge in [0.25, 0.3) is 5.91 Å². The van der Waals surface area contributed by atoms with Crippen molar-refractivity contribution in [3.8, 4) is 17.2 Å². The molecule has 0 aromatic heterocycles. The molecule has 8 nitrogen and oxygen atoms in total. The highest BCUT2D eigenvalue weighted by molar-refractivity contribution is 5.85. The van der Waals surface area contributed by atoms with Gasteiger partial charge in [0, 0.05) is 0 Å². The molecule has 0 spiro atoms. The smallest absolute Gasteiger partial charge is 0.344 e. The second kappa shape index (κ2) is 9.30.